The summed E-state index contributed by atoms with van der Waals surface area (Å²) in [7, 11) is 2.16. The van der Waals surface area contributed by atoms with Gasteiger partial charge in [-0.3, -0.25) is 0 Å². The molecule has 1 aromatic rings. The maximum Gasteiger partial charge on any atom is 0.0374 e. The topological polar surface area (TPSA) is 12.0 Å². The fraction of sp³-hybridized carbons (Fsp3) is 0.700. The molecule has 0 aliphatic heterocycles. The zero-order chi connectivity index (χ0) is 14.9. The summed E-state index contributed by atoms with van der Waals surface area (Å²) in [4.78, 5) is 0. The van der Waals surface area contributed by atoms with Crippen LogP contribution in [0.25, 0.3) is 0 Å². The third kappa shape index (κ3) is 2.90. The van der Waals surface area contributed by atoms with Crippen LogP contribution in [0.1, 0.15) is 75.1 Å². The number of rotatable bonds is 5. The Morgan fingerprint density at radius 3 is 2.43 bits per heavy atom. The highest BCUT2D eigenvalue weighted by Gasteiger charge is 2.41. The van der Waals surface area contributed by atoms with Crippen molar-refractivity contribution in [1.82, 2.24) is 5.32 Å². The molecule has 1 saturated carbocycles. The van der Waals surface area contributed by atoms with E-state index in [2.05, 4.69) is 44.4 Å². The lowest BCUT2D eigenvalue weighted by atomic mass is 9.70. The third-order valence-electron chi connectivity index (χ3n) is 5.77. The highest BCUT2D eigenvalue weighted by molar-refractivity contribution is 5.37. The van der Waals surface area contributed by atoms with Gasteiger partial charge in [0.15, 0.2) is 0 Å². The van der Waals surface area contributed by atoms with Crippen LogP contribution in [0.2, 0.25) is 0 Å². The van der Waals surface area contributed by atoms with Gasteiger partial charge in [0.2, 0.25) is 0 Å². The Morgan fingerprint density at radius 2 is 1.76 bits per heavy atom. The van der Waals surface area contributed by atoms with Crippen LogP contribution < -0.4 is 5.32 Å². The zero-order valence-corrected chi connectivity index (χ0v) is 14.0. The van der Waals surface area contributed by atoms with Gasteiger partial charge < -0.3 is 5.32 Å². The number of aryl methyl sites for hydroxylation is 2. The fourth-order valence-electron chi connectivity index (χ4n) is 5.10. The third-order valence-corrected chi connectivity index (χ3v) is 5.77. The van der Waals surface area contributed by atoms with Gasteiger partial charge in [-0.05, 0) is 73.6 Å². The quantitative estimate of drug-likeness (QED) is 0.799. The number of hydrogen-bond acceptors (Lipinski definition) is 1. The molecule has 0 heterocycles. The molecule has 0 bridgehead atoms. The van der Waals surface area contributed by atoms with Crippen LogP contribution in [0, 0.1) is 11.3 Å². The molecule has 21 heavy (non-hydrogen) atoms. The molecular weight excluding hydrogens is 254 g/mol. The lowest BCUT2D eigenvalue weighted by Gasteiger charge is -2.39. The van der Waals surface area contributed by atoms with Crippen molar-refractivity contribution in [2.75, 3.05) is 7.05 Å². The van der Waals surface area contributed by atoms with Crippen LogP contribution in [-0.2, 0) is 12.8 Å². The predicted octanol–water partition coefficient (Wildman–Crippen LogP) is 5.04. The highest BCUT2D eigenvalue weighted by atomic mass is 14.9. The summed E-state index contributed by atoms with van der Waals surface area (Å²) in [6.45, 7) is 4.77. The summed E-state index contributed by atoms with van der Waals surface area (Å²) in [6.07, 6.45) is 10.9. The molecule has 3 rings (SSSR count). The average Bonchev–Trinajstić information content (AvgIpc) is 3.08. The first kappa shape index (κ1) is 15.1. The van der Waals surface area contributed by atoms with Crippen molar-refractivity contribution in [1.29, 1.82) is 0 Å². The molecule has 0 aromatic heterocycles. The first-order chi connectivity index (χ1) is 10.1. The molecule has 1 aromatic carbocycles. The van der Waals surface area contributed by atoms with Gasteiger partial charge in [0.05, 0.1) is 0 Å². The highest BCUT2D eigenvalue weighted by Crippen LogP contribution is 2.51. The van der Waals surface area contributed by atoms with E-state index in [9.17, 15) is 0 Å². The maximum absolute atomic E-state index is 3.70. The van der Waals surface area contributed by atoms with Crippen molar-refractivity contribution < 1.29 is 0 Å². The average molecular weight is 285 g/mol. The van der Waals surface area contributed by atoms with Gasteiger partial charge in [-0.1, -0.05) is 44.9 Å². The summed E-state index contributed by atoms with van der Waals surface area (Å²) >= 11 is 0. The van der Waals surface area contributed by atoms with E-state index in [1.165, 1.54) is 51.4 Å². The van der Waals surface area contributed by atoms with Crippen LogP contribution in [0.15, 0.2) is 18.2 Å². The van der Waals surface area contributed by atoms with Crippen LogP contribution in [0.5, 0.6) is 0 Å². The molecular formula is C20H31N. The van der Waals surface area contributed by atoms with Crippen molar-refractivity contribution >= 4 is 0 Å². The SMILES string of the molecule is CNC(c1ccc2c(c1)CCC2)C1(CC(C)C)CCCC1. The van der Waals surface area contributed by atoms with Crippen molar-refractivity contribution in [2.24, 2.45) is 11.3 Å². The molecule has 0 radical (unpaired) electrons. The van der Waals surface area contributed by atoms with Crippen molar-refractivity contribution in [3.05, 3.63) is 34.9 Å². The second-order valence-corrected chi connectivity index (χ2v) is 7.77. The molecule has 116 valence electrons. The van der Waals surface area contributed by atoms with E-state index >= 15 is 0 Å². The van der Waals surface area contributed by atoms with Crippen LogP contribution in [0.3, 0.4) is 0 Å². The lowest BCUT2D eigenvalue weighted by Crippen LogP contribution is -2.36. The van der Waals surface area contributed by atoms with Crippen LogP contribution >= 0.6 is 0 Å². The molecule has 1 heteroatoms. The van der Waals surface area contributed by atoms with E-state index in [0.717, 1.165) is 5.92 Å². The Bertz CT molecular complexity index is 483. The van der Waals surface area contributed by atoms with Gasteiger partial charge in [-0.15, -0.1) is 0 Å². The second kappa shape index (κ2) is 6.12. The van der Waals surface area contributed by atoms with E-state index in [4.69, 9.17) is 0 Å². The monoisotopic (exact) mass is 285 g/mol. The van der Waals surface area contributed by atoms with E-state index in [1.54, 1.807) is 16.7 Å². The minimum absolute atomic E-state index is 0.482. The molecule has 1 atom stereocenters. The minimum atomic E-state index is 0.482. The number of benzene rings is 1. The van der Waals surface area contributed by atoms with Gasteiger partial charge in [0.1, 0.15) is 0 Å². The Labute approximate surface area is 130 Å². The molecule has 1 unspecified atom stereocenters. The summed E-state index contributed by atoms with van der Waals surface area (Å²) in [5.74, 6) is 0.786. The summed E-state index contributed by atoms with van der Waals surface area (Å²) in [5, 5.41) is 3.70. The Kier molecular flexibility index (Phi) is 4.40. The first-order valence-electron chi connectivity index (χ1n) is 8.93. The van der Waals surface area contributed by atoms with Crippen molar-refractivity contribution in [3.8, 4) is 0 Å². The lowest BCUT2D eigenvalue weighted by molar-refractivity contribution is 0.161. The normalized spacial score (nSPS) is 21.7. The smallest absolute Gasteiger partial charge is 0.0374 e. The molecule has 2 aliphatic rings. The molecule has 2 aliphatic carbocycles. The van der Waals surface area contributed by atoms with Crippen molar-refractivity contribution in [2.45, 2.75) is 71.3 Å². The molecule has 0 amide bonds. The van der Waals surface area contributed by atoms with E-state index in [-0.39, 0.29) is 0 Å². The van der Waals surface area contributed by atoms with Gasteiger partial charge in [-0.2, -0.15) is 0 Å². The first-order valence-corrected chi connectivity index (χ1v) is 8.93. The Balaban J connectivity index is 1.92. The molecule has 1 N–H and O–H groups in total. The summed E-state index contributed by atoms with van der Waals surface area (Å²) < 4.78 is 0. The predicted molar refractivity (Wildman–Crippen MR) is 90.6 cm³/mol. The summed E-state index contributed by atoms with van der Waals surface area (Å²) in [6, 6.07) is 7.86. The molecule has 1 nitrogen and oxygen atoms in total. The van der Waals surface area contributed by atoms with E-state index < -0.39 is 0 Å². The van der Waals surface area contributed by atoms with Gasteiger partial charge in [0, 0.05) is 6.04 Å². The minimum Gasteiger partial charge on any atom is -0.313 e. The number of hydrogen-bond donors (Lipinski definition) is 1. The van der Waals surface area contributed by atoms with Crippen molar-refractivity contribution in [3.63, 3.8) is 0 Å². The Hall–Kier alpha value is -0.820. The second-order valence-electron chi connectivity index (χ2n) is 7.77. The van der Waals surface area contributed by atoms with Gasteiger partial charge >= 0.3 is 0 Å². The Morgan fingerprint density at radius 1 is 1.05 bits per heavy atom. The van der Waals surface area contributed by atoms with E-state index in [1.807, 2.05) is 0 Å². The number of nitrogens with one attached hydrogen (secondary N) is 1. The molecule has 0 spiro atoms. The summed E-state index contributed by atoms with van der Waals surface area (Å²) in [5.41, 5.74) is 5.24. The standard InChI is InChI=1S/C20H31N/c1-15(2)14-20(11-4-5-12-20)19(21-3)18-10-9-16-7-6-8-17(16)13-18/h9-10,13,15,19,21H,4-8,11-12,14H2,1-3H3. The molecule has 1 fully saturated rings. The van der Waals surface area contributed by atoms with Crippen LogP contribution in [0.4, 0.5) is 0 Å². The zero-order valence-electron chi connectivity index (χ0n) is 14.0. The fourth-order valence-corrected chi connectivity index (χ4v) is 5.10. The maximum atomic E-state index is 3.70. The number of fused-ring (bicyclic) bond motifs is 1. The van der Waals surface area contributed by atoms with Crippen LogP contribution in [-0.4, -0.2) is 7.05 Å². The van der Waals surface area contributed by atoms with Gasteiger partial charge in [-0.25, -0.2) is 0 Å². The molecule has 0 saturated heterocycles. The largest absolute Gasteiger partial charge is 0.313 e. The van der Waals surface area contributed by atoms with E-state index in [0.29, 0.717) is 11.5 Å². The van der Waals surface area contributed by atoms with Gasteiger partial charge in [0.25, 0.3) is 0 Å².